The summed E-state index contributed by atoms with van der Waals surface area (Å²) in [6, 6.07) is 11.6. The molecule has 0 saturated heterocycles. The highest BCUT2D eigenvalue weighted by atomic mass is 16.5. The molecule has 1 aromatic carbocycles. The fraction of sp³-hybridized carbons (Fsp3) is 0.154. The van der Waals surface area contributed by atoms with Crippen molar-refractivity contribution in [2.75, 3.05) is 17.9 Å². The van der Waals surface area contributed by atoms with E-state index in [1.807, 2.05) is 36.4 Å². The monoisotopic (exact) mass is 244 g/mol. The number of hydrogen-bond donors (Lipinski definition) is 3. The second-order valence-electron chi connectivity index (χ2n) is 3.74. The van der Waals surface area contributed by atoms with Crippen molar-refractivity contribution < 1.29 is 4.74 Å². The molecule has 0 unspecified atom stereocenters. The Hall–Kier alpha value is -2.27. The van der Waals surface area contributed by atoms with Crippen LogP contribution in [0.5, 0.6) is 5.75 Å². The van der Waals surface area contributed by atoms with Crippen LogP contribution in [0.3, 0.4) is 0 Å². The molecule has 5 heteroatoms. The smallest absolute Gasteiger partial charge is 0.141 e. The zero-order valence-electron chi connectivity index (χ0n) is 10.2. The quantitative estimate of drug-likeness (QED) is 0.554. The first kappa shape index (κ1) is 12.2. The highest BCUT2D eigenvalue weighted by Gasteiger charge is 2.01. The van der Waals surface area contributed by atoms with Crippen LogP contribution in [0.2, 0.25) is 0 Å². The Kier molecular flexibility index (Phi) is 3.98. The van der Waals surface area contributed by atoms with E-state index in [1.165, 1.54) is 0 Å². The average molecular weight is 244 g/mol. The van der Waals surface area contributed by atoms with Gasteiger partial charge in [-0.25, -0.2) is 10.8 Å². The number of ether oxygens (including phenoxy) is 1. The fourth-order valence-corrected chi connectivity index (χ4v) is 1.67. The lowest BCUT2D eigenvalue weighted by molar-refractivity contribution is 0.410. The molecule has 0 aliphatic rings. The number of rotatable bonds is 5. The molecule has 18 heavy (non-hydrogen) atoms. The number of anilines is 2. The van der Waals surface area contributed by atoms with Crippen LogP contribution in [0, 0.1) is 0 Å². The van der Waals surface area contributed by atoms with Gasteiger partial charge in [0, 0.05) is 30.1 Å². The van der Waals surface area contributed by atoms with Crippen molar-refractivity contribution in [3.05, 3.63) is 48.2 Å². The first-order valence-electron chi connectivity index (χ1n) is 5.62. The van der Waals surface area contributed by atoms with Gasteiger partial charge in [-0.05, 0) is 12.1 Å². The van der Waals surface area contributed by atoms with Gasteiger partial charge in [-0.2, -0.15) is 0 Å². The van der Waals surface area contributed by atoms with Crippen molar-refractivity contribution in [1.82, 2.24) is 4.98 Å². The lowest BCUT2D eigenvalue weighted by atomic mass is 10.2. The Balaban J connectivity index is 2.06. The van der Waals surface area contributed by atoms with E-state index in [0.29, 0.717) is 12.4 Å². The number of methoxy groups -OCH3 is 1. The lowest BCUT2D eigenvalue weighted by Gasteiger charge is -2.10. The fourth-order valence-electron chi connectivity index (χ4n) is 1.67. The summed E-state index contributed by atoms with van der Waals surface area (Å²) >= 11 is 0. The zero-order valence-corrected chi connectivity index (χ0v) is 10.2. The Morgan fingerprint density at radius 2 is 2.11 bits per heavy atom. The SMILES string of the molecule is COc1ccccc1CNc1ccnc(NN)c1. The molecule has 5 nitrogen and oxygen atoms in total. The number of pyridine rings is 1. The molecule has 2 aromatic rings. The van der Waals surface area contributed by atoms with Gasteiger partial charge in [0.1, 0.15) is 11.6 Å². The molecule has 0 radical (unpaired) electrons. The van der Waals surface area contributed by atoms with Crippen LogP contribution in [0.4, 0.5) is 11.5 Å². The van der Waals surface area contributed by atoms with E-state index in [0.717, 1.165) is 17.0 Å². The number of nitrogen functional groups attached to an aromatic ring is 1. The highest BCUT2D eigenvalue weighted by Crippen LogP contribution is 2.19. The zero-order chi connectivity index (χ0) is 12.8. The van der Waals surface area contributed by atoms with E-state index in [2.05, 4.69) is 15.7 Å². The Morgan fingerprint density at radius 1 is 1.28 bits per heavy atom. The second-order valence-corrected chi connectivity index (χ2v) is 3.74. The summed E-state index contributed by atoms with van der Waals surface area (Å²) < 4.78 is 5.29. The number of nitrogens with one attached hydrogen (secondary N) is 2. The molecular formula is C13H16N4O. The van der Waals surface area contributed by atoms with E-state index in [9.17, 15) is 0 Å². The molecule has 0 spiro atoms. The van der Waals surface area contributed by atoms with Crippen LogP contribution in [0.1, 0.15) is 5.56 Å². The summed E-state index contributed by atoms with van der Waals surface area (Å²) in [6.07, 6.45) is 1.69. The third-order valence-electron chi connectivity index (χ3n) is 2.58. The van der Waals surface area contributed by atoms with E-state index < -0.39 is 0 Å². The predicted molar refractivity (Wildman–Crippen MR) is 72.4 cm³/mol. The highest BCUT2D eigenvalue weighted by molar-refractivity contribution is 5.52. The number of hydrogen-bond acceptors (Lipinski definition) is 5. The minimum Gasteiger partial charge on any atom is -0.496 e. The van der Waals surface area contributed by atoms with Gasteiger partial charge in [-0.15, -0.1) is 0 Å². The normalized spacial score (nSPS) is 9.89. The van der Waals surface area contributed by atoms with Gasteiger partial charge >= 0.3 is 0 Å². The molecule has 0 aliphatic carbocycles. The number of hydrazine groups is 1. The molecule has 1 aromatic heterocycles. The third kappa shape index (κ3) is 2.89. The number of nitrogens with zero attached hydrogens (tertiary/aromatic N) is 1. The summed E-state index contributed by atoms with van der Waals surface area (Å²) in [5.41, 5.74) is 4.56. The van der Waals surface area contributed by atoms with Gasteiger partial charge in [-0.3, -0.25) is 0 Å². The van der Waals surface area contributed by atoms with Crippen LogP contribution in [0.15, 0.2) is 42.6 Å². The first-order valence-corrected chi connectivity index (χ1v) is 5.62. The molecule has 0 bridgehead atoms. The number of benzene rings is 1. The van der Waals surface area contributed by atoms with Gasteiger partial charge in [0.25, 0.3) is 0 Å². The van der Waals surface area contributed by atoms with E-state index in [-0.39, 0.29) is 0 Å². The van der Waals surface area contributed by atoms with E-state index in [1.54, 1.807) is 13.3 Å². The van der Waals surface area contributed by atoms with Crippen LogP contribution in [-0.4, -0.2) is 12.1 Å². The molecule has 94 valence electrons. The molecule has 0 amide bonds. The molecule has 0 atom stereocenters. The van der Waals surface area contributed by atoms with Crippen LogP contribution < -0.4 is 21.3 Å². The molecule has 0 aliphatic heterocycles. The summed E-state index contributed by atoms with van der Waals surface area (Å²) in [5, 5.41) is 3.29. The average Bonchev–Trinajstić information content (AvgIpc) is 2.45. The van der Waals surface area contributed by atoms with Crippen molar-refractivity contribution in [2.45, 2.75) is 6.54 Å². The van der Waals surface area contributed by atoms with Gasteiger partial charge in [0.15, 0.2) is 0 Å². The van der Waals surface area contributed by atoms with E-state index >= 15 is 0 Å². The Labute approximate surface area is 106 Å². The molecule has 0 saturated carbocycles. The first-order chi connectivity index (χ1) is 8.83. The topological polar surface area (TPSA) is 72.2 Å². The second kappa shape index (κ2) is 5.88. The Bertz CT molecular complexity index is 516. The van der Waals surface area contributed by atoms with Crippen LogP contribution >= 0.6 is 0 Å². The largest absolute Gasteiger partial charge is 0.496 e. The van der Waals surface area contributed by atoms with Gasteiger partial charge in [0.05, 0.1) is 7.11 Å². The van der Waals surface area contributed by atoms with Crippen LogP contribution in [-0.2, 0) is 6.54 Å². The van der Waals surface area contributed by atoms with Crippen molar-refractivity contribution in [3.8, 4) is 5.75 Å². The van der Waals surface area contributed by atoms with Gasteiger partial charge in [-0.1, -0.05) is 18.2 Å². The van der Waals surface area contributed by atoms with Gasteiger partial charge in [0.2, 0.25) is 0 Å². The van der Waals surface area contributed by atoms with Crippen molar-refractivity contribution in [3.63, 3.8) is 0 Å². The molecule has 1 heterocycles. The maximum atomic E-state index is 5.31. The molecule has 2 rings (SSSR count). The van der Waals surface area contributed by atoms with Crippen molar-refractivity contribution >= 4 is 11.5 Å². The number of nitrogens with two attached hydrogens (primary N) is 1. The maximum Gasteiger partial charge on any atom is 0.141 e. The predicted octanol–water partition coefficient (Wildman–Crippen LogP) is 1.99. The lowest BCUT2D eigenvalue weighted by Crippen LogP contribution is -2.09. The van der Waals surface area contributed by atoms with E-state index in [4.69, 9.17) is 10.6 Å². The minimum atomic E-state index is 0.625. The number of aromatic nitrogens is 1. The summed E-state index contributed by atoms with van der Waals surface area (Å²) in [6.45, 7) is 0.679. The standard InChI is InChI=1S/C13H16N4O/c1-18-12-5-3-2-4-10(12)9-16-11-6-7-15-13(8-11)17-14/h2-8H,9,14H2,1H3,(H2,15,16,17). The summed E-state index contributed by atoms with van der Waals surface area (Å²) in [5.74, 6) is 6.81. The summed E-state index contributed by atoms with van der Waals surface area (Å²) in [4.78, 5) is 4.05. The molecule has 0 fully saturated rings. The molecule has 4 N–H and O–H groups in total. The van der Waals surface area contributed by atoms with Crippen molar-refractivity contribution in [2.24, 2.45) is 5.84 Å². The summed E-state index contributed by atoms with van der Waals surface area (Å²) in [7, 11) is 1.67. The van der Waals surface area contributed by atoms with Crippen molar-refractivity contribution in [1.29, 1.82) is 0 Å². The van der Waals surface area contributed by atoms with Gasteiger partial charge < -0.3 is 15.5 Å². The minimum absolute atomic E-state index is 0.625. The molecular weight excluding hydrogens is 228 g/mol. The number of para-hydroxylation sites is 1. The third-order valence-corrected chi connectivity index (χ3v) is 2.58. The van der Waals surface area contributed by atoms with Crippen LogP contribution in [0.25, 0.3) is 0 Å². The maximum absolute atomic E-state index is 5.31. The Morgan fingerprint density at radius 3 is 2.89 bits per heavy atom.